The van der Waals surface area contributed by atoms with E-state index >= 15 is 0 Å². The van der Waals surface area contributed by atoms with Gasteiger partial charge in [-0.15, -0.1) is 0 Å². The van der Waals surface area contributed by atoms with Crippen LogP contribution in [-0.4, -0.2) is 45.3 Å². The van der Waals surface area contributed by atoms with Crippen LogP contribution in [0.5, 0.6) is 0 Å². The Morgan fingerprint density at radius 2 is 1.86 bits per heavy atom. The molecule has 0 aliphatic heterocycles. The van der Waals surface area contributed by atoms with Crippen LogP contribution in [0.4, 0.5) is 0 Å². The van der Waals surface area contributed by atoms with Gasteiger partial charge in [0.05, 0.1) is 18.8 Å². The van der Waals surface area contributed by atoms with E-state index in [0.717, 1.165) is 0 Å². The van der Waals surface area contributed by atoms with Crippen LogP contribution in [0, 0.1) is 11.8 Å². The number of hydrogen-bond donors (Lipinski definition) is 4. The van der Waals surface area contributed by atoms with Crippen LogP contribution >= 0.6 is 0 Å². The van der Waals surface area contributed by atoms with Gasteiger partial charge in [0.25, 0.3) is 0 Å². The van der Waals surface area contributed by atoms with Crippen molar-refractivity contribution in [2.45, 2.75) is 32.2 Å². The molecular weight excluding hydrogens is 184 g/mol. The molecule has 0 spiro atoms. The quantitative estimate of drug-likeness (QED) is 0.445. The molecule has 1 rings (SSSR count). The van der Waals surface area contributed by atoms with Gasteiger partial charge in [-0.1, -0.05) is 19.9 Å². The lowest BCUT2D eigenvalue weighted by molar-refractivity contribution is -0.0633. The van der Waals surface area contributed by atoms with E-state index in [1.165, 1.54) is 6.08 Å². The van der Waals surface area contributed by atoms with E-state index in [0.29, 0.717) is 5.57 Å². The molecule has 14 heavy (non-hydrogen) atoms. The zero-order valence-electron chi connectivity index (χ0n) is 8.46. The molecule has 0 aromatic heterocycles. The summed E-state index contributed by atoms with van der Waals surface area (Å²) >= 11 is 0. The molecule has 1 aliphatic carbocycles. The average molecular weight is 202 g/mol. The monoisotopic (exact) mass is 202 g/mol. The minimum Gasteiger partial charge on any atom is -0.392 e. The maximum Gasteiger partial charge on any atom is 0.104 e. The first kappa shape index (κ1) is 11.7. The Morgan fingerprint density at radius 1 is 1.29 bits per heavy atom. The third-order valence-corrected chi connectivity index (χ3v) is 2.83. The van der Waals surface area contributed by atoms with Crippen molar-refractivity contribution in [1.82, 2.24) is 0 Å². The minimum absolute atomic E-state index is 0.0751. The van der Waals surface area contributed by atoms with Gasteiger partial charge in [-0.3, -0.25) is 0 Å². The fourth-order valence-corrected chi connectivity index (χ4v) is 2.00. The molecule has 1 aliphatic rings. The average Bonchev–Trinajstić information content (AvgIpc) is 2.10. The molecule has 82 valence electrons. The zero-order chi connectivity index (χ0) is 10.9. The predicted octanol–water partition coefficient (Wildman–Crippen LogP) is -0.726. The van der Waals surface area contributed by atoms with Gasteiger partial charge >= 0.3 is 0 Å². The molecule has 0 heterocycles. The Kier molecular flexibility index (Phi) is 3.66. The summed E-state index contributed by atoms with van der Waals surface area (Å²) in [5.74, 6) is -0.300. The fraction of sp³-hybridized carbons (Fsp3) is 0.800. The van der Waals surface area contributed by atoms with Crippen molar-refractivity contribution in [3.8, 4) is 0 Å². The Bertz CT molecular complexity index is 224. The summed E-state index contributed by atoms with van der Waals surface area (Å²) in [4.78, 5) is 0. The van der Waals surface area contributed by atoms with E-state index in [-0.39, 0.29) is 18.4 Å². The van der Waals surface area contributed by atoms with Crippen LogP contribution in [0.25, 0.3) is 0 Å². The van der Waals surface area contributed by atoms with Gasteiger partial charge in [0.15, 0.2) is 0 Å². The summed E-state index contributed by atoms with van der Waals surface area (Å²) in [7, 11) is 0. The van der Waals surface area contributed by atoms with Crippen LogP contribution in [0.3, 0.4) is 0 Å². The molecule has 4 heteroatoms. The summed E-state index contributed by atoms with van der Waals surface area (Å²) in [5, 5.41) is 37.8. The highest BCUT2D eigenvalue weighted by Crippen LogP contribution is 2.30. The van der Waals surface area contributed by atoms with E-state index < -0.39 is 18.3 Å². The van der Waals surface area contributed by atoms with E-state index in [4.69, 9.17) is 5.11 Å². The highest BCUT2D eigenvalue weighted by molar-refractivity contribution is 5.19. The lowest BCUT2D eigenvalue weighted by Crippen LogP contribution is -2.47. The molecule has 4 N–H and O–H groups in total. The van der Waals surface area contributed by atoms with Crippen molar-refractivity contribution < 1.29 is 20.4 Å². The molecule has 0 aromatic rings. The van der Waals surface area contributed by atoms with Crippen molar-refractivity contribution in [2.75, 3.05) is 6.61 Å². The first-order valence-corrected chi connectivity index (χ1v) is 4.84. The van der Waals surface area contributed by atoms with Crippen molar-refractivity contribution in [3.63, 3.8) is 0 Å². The van der Waals surface area contributed by atoms with Gasteiger partial charge < -0.3 is 20.4 Å². The molecule has 4 nitrogen and oxygen atoms in total. The highest BCUT2D eigenvalue weighted by Gasteiger charge is 2.38. The Balaban J connectivity index is 2.90. The molecular formula is C10H18O4. The van der Waals surface area contributed by atoms with Crippen LogP contribution in [0.1, 0.15) is 13.8 Å². The molecule has 0 radical (unpaired) electrons. The van der Waals surface area contributed by atoms with Crippen molar-refractivity contribution >= 4 is 0 Å². The van der Waals surface area contributed by atoms with Gasteiger partial charge in [-0.05, 0) is 11.5 Å². The molecule has 0 fully saturated rings. The number of aliphatic hydroxyl groups is 4. The lowest BCUT2D eigenvalue weighted by atomic mass is 9.77. The summed E-state index contributed by atoms with van der Waals surface area (Å²) in [6.07, 6.45) is -1.43. The topological polar surface area (TPSA) is 80.9 Å². The van der Waals surface area contributed by atoms with E-state index in [9.17, 15) is 15.3 Å². The molecule has 0 saturated heterocycles. The third-order valence-electron chi connectivity index (χ3n) is 2.83. The lowest BCUT2D eigenvalue weighted by Gasteiger charge is -2.37. The van der Waals surface area contributed by atoms with Crippen LogP contribution in [0.15, 0.2) is 11.6 Å². The van der Waals surface area contributed by atoms with Crippen molar-refractivity contribution in [1.29, 1.82) is 0 Å². The highest BCUT2D eigenvalue weighted by atomic mass is 16.3. The zero-order valence-corrected chi connectivity index (χ0v) is 8.46. The van der Waals surface area contributed by atoms with Crippen LogP contribution in [-0.2, 0) is 0 Å². The second kappa shape index (κ2) is 4.40. The number of rotatable bonds is 2. The predicted molar refractivity (Wildman–Crippen MR) is 51.5 cm³/mol. The Hall–Kier alpha value is -0.420. The van der Waals surface area contributed by atoms with E-state index in [2.05, 4.69) is 0 Å². The fourth-order valence-electron chi connectivity index (χ4n) is 2.00. The van der Waals surface area contributed by atoms with Crippen LogP contribution < -0.4 is 0 Å². The SMILES string of the molecule is CC(C)C1C(O)C=C(CO)C(O)C1O. The number of hydrogen-bond acceptors (Lipinski definition) is 4. The molecule has 4 atom stereocenters. The van der Waals surface area contributed by atoms with Gasteiger partial charge in [0.2, 0.25) is 0 Å². The summed E-state index contributed by atoms with van der Waals surface area (Å²) in [6.45, 7) is 3.42. The standard InChI is InChI=1S/C10H18O4/c1-5(2)8-7(12)3-6(4-11)9(13)10(8)14/h3,5,7-14H,4H2,1-2H3. The van der Waals surface area contributed by atoms with Gasteiger partial charge in [0, 0.05) is 5.92 Å². The third kappa shape index (κ3) is 1.98. The maximum atomic E-state index is 9.72. The van der Waals surface area contributed by atoms with Crippen LogP contribution in [0.2, 0.25) is 0 Å². The largest absolute Gasteiger partial charge is 0.392 e. The molecule has 4 unspecified atom stereocenters. The molecule has 0 bridgehead atoms. The number of aliphatic hydroxyl groups excluding tert-OH is 4. The summed E-state index contributed by atoms with van der Waals surface area (Å²) in [5.41, 5.74) is 0.293. The normalized spacial score (nSPS) is 38.6. The van der Waals surface area contributed by atoms with E-state index in [1.54, 1.807) is 0 Å². The van der Waals surface area contributed by atoms with E-state index in [1.807, 2.05) is 13.8 Å². The Morgan fingerprint density at radius 3 is 2.29 bits per heavy atom. The smallest absolute Gasteiger partial charge is 0.104 e. The first-order chi connectivity index (χ1) is 6.49. The molecule has 0 aromatic carbocycles. The second-order valence-corrected chi connectivity index (χ2v) is 4.15. The summed E-state index contributed by atoms with van der Waals surface area (Å²) < 4.78 is 0. The van der Waals surface area contributed by atoms with Gasteiger partial charge in [-0.25, -0.2) is 0 Å². The molecule has 0 amide bonds. The summed E-state index contributed by atoms with van der Waals surface area (Å²) in [6, 6.07) is 0. The van der Waals surface area contributed by atoms with Gasteiger partial charge in [0.1, 0.15) is 6.10 Å². The first-order valence-electron chi connectivity index (χ1n) is 4.84. The van der Waals surface area contributed by atoms with Crippen molar-refractivity contribution in [3.05, 3.63) is 11.6 Å². The van der Waals surface area contributed by atoms with Gasteiger partial charge in [-0.2, -0.15) is 0 Å². The minimum atomic E-state index is -1.06. The maximum absolute atomic E-state index is 9.72. The molecule has 0 saturated carbocycles. The van der Waals surface area contributed by atoms with Crippen molar-refractivity contribution in [2.24, 2.45) is 11.8 Å². The second-order valence-electron chi connectivity index (χ2n) is 4.15. The Labute approximate surface area is 83.5 Å².